The van der Waals surface area contributed by atoms with Crippen molar-refractivity contribution in [3.63, 3.8) is 0 Å². The maximum Gasteiger partial charge on any atom is 0.241 e. The van der Waals surface area contributed by atoms with Gasteiger partial charge in [0.15, 0.2) is 0 Å². The predicted octanol–water partition coefficient (Wildman–Crippen LogP) is 0.652. The average Bonchev–Trinajstić information content (AvgIpc) is 2.29. The number of primary amides is 1. The summed E-state index contributed by atoms with van der Waals surface area (Å²) in [6.07, 6.45) is 1.50. The second-order valence-corrected chi connectivity index (χ2v) is 4.62. The van der Waals surface area contributed by atoms with Crippen LogP contribution in [0.25, 0.3) is 0 Å². The van der Waals surface area contributed by atoms with Crippen molar-refractivity contribution in [1.82, 2.24) is 10.3 Å². The maximum atomic E-state index is 11.4. The fraction of sp³-hybridized carbons (Fsp3) is 0.400. The Hall–Kier alpha value is -1.04. The molecule has 1 aromatic rings. The zero-order chi connectivity index (χ0) is 12.4. The van der Waals surface area contributed by atoms with Crippen LogP contribution in [0.4, 0.5) is 5.82 Å². The number of hydrogen-bond acceptors (Lipinski definition) is 4. The van der Waals surface area contributed by atoms with Crippen LogP contribution in [-0.2, 0) is 4.79 Å². The molecule has 0 aromatic carbocycles. The number of piperazine rings is 1. The van der Waals surface area contributed by atoms with Gasteiger partial charge in [-0.1, -0.05) is 23.2 Å². The Balaban J connectivity index is 2.32. The van der Waals surface area contributed by atoms with Gasteiger partial charge in [-0.2, -0.15) is 0 Å². The molecule has 0 saturated carbocycles. The number of hydrogen-bond donors (Lipinski definition) is 2. The molecule has 2 rings (SSSR count). The first-order chi connectivity index (χ1) is 8.09. The monoisotopic (exact) mass is 274 g/mol. The summed E-state index contributed by atoms with van der Waals surface area (Å²) in [6.45, 7) is 1.88. The number of pyridine rings is 1. The van der Waals surface area contributed by atoms with Crippen molar-refractivity contribution in [1.29, 1.82) is 0 Å². The van der Waals surface area contributed by atoms with Crippen LogP contribution in [0.2, 0.25) is 10.0 Å². The normalized spacial score (nSPS) is 20.4. The van der Waals surface area contributed by atoms with E-state index >= 15 is 0 Å². The van der Waals surface area contributed by atoms with Gasteiger partial charge in [-0.05, 0) is 6.07 Å². The molecular formula is C10H12Cl2N4O. The molecule has 1 aliphatic heterocycles. The summed E-state index contributed by atoms with van der Waals surface area (Å²) in [5, 5.41) is 3.99. The Morgan fingerprint density at radius 2 is 2.35 bits per heavy atom. The SMILES string of the molecule is NC(=O)C1CNCCN1c1ncc(Cl)cc1Cl. The van der Waals surface area contributed by atoms with Crippen molar-refractivity contribution >= 4 is 34.9 Å². The number of amides is 1. The van der Waals surface area contributed by atoms with E-state index in [2.05, 4.69) is 10.3 Å². The Bertz CT molecular complexity index is 440. The smallest absolute Gasteiger partial charge is 0.241 e. The van der Waals surface area contributed by atoms with Crippen molar-refractivity contribution < 1.29 is 4.79 Å². The molecule has 0 bridgehead atoms. The van der Waals surface area contributed by atoms with Gasteiger partial charge in [0.25, 0.3) is 0 Å². The van der Waals surface area contributed by atoms with E-state index in [0.717, 1.165) is 6.54 Å². The first-order valence-corrected chi connectivity index (χ1v) is 5.93. The standard InChI is InChI=1S/C10H12Cl2N4O/c11-6-3-7(12)10(15-4-6)16-2-1-14-5-8(16)9(13)17/h3-4,8,14H,1-2,5H2,(H2,13,17). The van der Waals surface area contributed by atoms with Gasteiger partial charge in [-0.3, -0.25) is 4.79 Å². The number of nitrogens with two attached hydrogens (primary N) is 1. The molecule has 1 amide bonds. The summed E-state index contributed by atoms with van der Waals surface area (Å²) in [5.74, 6) is 0.145. The summed E-state index contributed by atoms with van der Waals surface area (Å²) in [7, 11) is 0. The highest BCUT2D eigenvalue weighted by atomic mass is 35.5. The van der Waals surface area contributed by atoms with Gasteiger partial charge in [0.05, 0.1) is 10.0 Å². The third-order valence-corrected chi connectivity index (χ3v) is 3.12. The largest absolute Gasteiger partial charge is 0.368 e. The molecule has 1 aliphatic rings. The Morgan fingerprint density at radius 1 is 1.59 bits per heavy atom. The third kappa shape index (κ3) is 2.62. The highest BCUT2D eigenvalue weighted by Gasteiger charge is 2.29. The van der Waals surface area contributed by atoms with E-state index in [4.69, 9.17) is 28.9 Å². The van der Waals surface area contributed by atoms with Crippen LogP contribution in [0, 0.1) is 0 Å². The van der Waals surface area contributed by atoms with Gasteiger partial charge in [-0.15, -0.1) is 0 Å². The summed E-state index contributed by atoms with van der Waals surface area (Å²) >= 11 is 11.9. The van der Waals surface area contributed by atoms with Crippen LogP contribution in [0.1, 0.15) is 0 Å². The lowest BCUT2D eigenvalue weighted by Gasteiger charge is -2.35. The minimum Gasteiger partial charge on any atom is -0.368 e. The molecule has 2 heterocycles. The molecule has 0 aliphatic carbocycles. The number of rotatable bonds is 2. The Kier molecular flexibility index (Phi) is 3.71. The number of carbonyl (C=O) groups excluding carboxylic acids is 1. The molecule has 17 heavy (non-hydrogen) atoms. The molecule has 0 radical (unpaired) electrons. The van der Waals surface area contributed by atoms with Crippen molar-refractivity contribution in [3.8, 4) is 0 Å². The maximum absolute atomic E-state index is 11.4. The highest BCUT2D eigenvalue weighted by Crippen LogP contribution is 2.27. The van der Waals surface area contributed by atoms with Crippen LogP contribution in [0.5, 0.6) is 0 Å². The third-order valence-electron chi connectivity index (χ3n) is 2.63. The van der Waals surface area contributed by atoms with Crippen LogP contribution in [0.15, 0.2) is 12.3 Å². The molecule has 1 atom stereocenters. The van der Waals surface area contributed by atoms with Crippen LogP contribution in [-0.4, -0.2) is 36.6 Å². The van der Waals surface area contributed by atoms with Gasteiger partial charge >= 0.3 is 0 Å². The molecule has 92 valence electrons. The zero-order valence-corrected chi connectivity index (χ0v) is 10.5. The van der Waals surface area contributed by atoms with Crippen LogP contribution >= 0.6 is 23.2 Å². The quantitative estimate of drug-likeness (QED) is 0.831. The van der Waals surface area contributed by atoms with Crippen molar-refractivity contribution in [2.75, 3.05) is 24.5 Å². The van der Waals surface area contributed by atoms with Crippen LogP contribution < -0.4 is 16.0 Å². The second kappa shape index (κ2) is 5.08. The van der Waals surface area contributed by atoms with Gasteiger partial charge in [0, 0.05) is 25.8 Å². The number of nitrogens with zero attached hydrogens (tertiary/aromatic N) is 2. The first-order valence-electron chi connectivity index (χ1n) is 5.17. The number of aromatic nitrogens is 1. The fourth-order valence-electron chi connectivity index (χ4n) is 1.83. The molecule has 7 heteroatoms. The van der Waals surface area contributed by atoms with Crippen LogP contribution in [0.3, 0.4) is 0 Å². The zero-order valence-electron chi connectivity index (χ0n) is 8.99. The summed E-state index contributed by atoms with van der Waals surface area (Å²) in [4.78, 5) is 17.3. The lowest BCUT2D eigenvalue weighted by atomic mass is 10.2. The van der Waals surface area contributed by atoms with E-state index in [1.807, 2.05) is 0 Å². The average molecular weight is 275 g/mol. The molecule has 1 unspecified atom stereocenters. The molecule has 5 nitrogen and oxygen atoms in total. The minimum absolute atomic E-state index is 0.398. The Morgan fingerprint density at radius 3 is 3.00 bits per heavy atom. The van der Waals surface area contributed by atoms with Crippen molar-refractivity contribution in [3.05, 3.63) is 22.3 Å². The fourth-order valence-corrected chi connectivity index (χ4v) is 2.32. The van der Waals surface area contributed by atoms with Gasteiger partial charge in [-0.25, -0.2) is 4.98 Å². The van der Waals surface area contributed by atoms with Gasteiger partial charge in [0.1, 0.15) is 11.9 Å². The van der Waals surface area contributed by atoms with E-state index in [1.54, 1.807) is 11.0 Å². The number of carbonyl (C=O) groups is 1. The van der Waals surface area contributed by atoms with E-state index < -0.39 is 11.9 Å². The Labute approximate surface area is 109 Å². The van der Waals surface area contributed by atoms with E-state index in [9.17, 15) is 4.79 Å². The first kappa shape index (κ1) is 12.4. The number of halogens is 2. The molecule has 1 aromatic heterocycles. The van der Waals surface area contributed by atoms with E-state index in [0.29, 0.717) is 29.0 Å². The molecule has 1 saturated heterocycles. The molecule has 3 N–H and O–H groups in total. The predicted molar refractivity (Wildman–Crippen MR) is 67.5 cm³/mol. The molecule has 0 spiro atoms. The lowest BCUT2D eigenvalue weighted by molar-refractivity contribution is -0.119. The molecular weight excluding hydrogens is 263 g/mol. The van der Waals surface area contributed by atoms with Gasteiger partial charge < -0.3 is 16.0 Å². The second-order valence-electron chi connectivity index (χ2n) is 3.77. The van der Waals surface area contributed by atoms with Gasteiger partial charge in [0.2, 0.25) is 5.91 Å². The summed E-state index contributed by atoms with van der Waals surface area (Å²) in [6, 6.07) is 1.17. The number of anilines is 1. The summed E-state index contributed by atoms with van der Waals surface area (Å²) in [5.41, 5.74) is 5.36. The van der Waals surface area contributed by atoms with Crippen molar-refractivity contribution in [2.45, 2.75) is 6.04 Å². The van der Waals surface area contributed by atoms with E-state index in [1.165, 1.54) is 6.20 Å². The molecule has 1 fully saturated rings. The van der Waals surface area contributed by atoms with E-state index in [-0.39, 0.29) is 0 Å². The highest BCUT2D eigenvalue weighted by molar-refractivity contribution is 6.36. The lowest BCUT2D eigenvalue weighted by Crippen LogP contribution is -2.57. The minimum atomic E-state index is -0.435. The van der Waals surface area contributed by atoms with Crippen molar-refractivity contribution in [2.24, 2.45) is 5.73 Å². The summed E-state index contributed by atoms with van der Waals surface area (Å²) < 4.78 is 0. The number of nitrogens with one attached hydrogen (secondary N) is 1. The topological polar surface area (TPSA) is 71.2 Å².